The summed E-state index contributed by atoms with van der Waals surface area (Å²) in [6.07, 6.45) is 1.93. The molecule has 3 rings (SSSR count). The molecule has 0 radical (unpaired) electrons. The molecule has 0 aliphatic carbocycles. The molecule has 3 aromatic rings. The molecule has 0 aliphatic heterocycles. The number of benzene rings is 2. The molecular formula is C15H13FN2. The summed E-state index contributed by atoms with van der Waals surface area (Å²) >= 11 is 0. The summed E-state index contributed by atoms with van der Waals surface area (Å²) < 4.78 is 13.1. The lowest BCUT2D eigenvalue weighted by molar-refractivity contribution is 0.628. The molecule has 18 heavy (non-hydrogen) atoms. The summed E-state index contributed by atoms with van der Waals surface area (Å²) in [5, 5.41) is 4.43. The third-order valence-corrected chi connectivity index (χ3v) is 2.99. The van der Waals surface area contributed by atoms with Gasteiger partial charge in [0.15, 0.2) is 0 Å². The zero-order chi connectivity index (χ0) is 12.4. The van der Waals surface area contributed by atoms with E-state index in [0.717, 1.165) is 11.2 Å². The number of H-pyrrole nitrogens is 1. The van der Waals surface area contributed by atoms with Crippen LogP contribution in [0.2, 0.25) is 0 Å². The van der Waals surface area contributed by atoms with Gasteiger partial charge in [-0.3, -0.25) is 0 Å². The molecule has 0 atom stereocenters. The van der Waals surface area contributed by atoms with Gasteiger partial charge in [0.05, 0.1) is 0 Å². The van der Waals surface area contributed by atoms with Gasteiger partial charge in [-0.1, -0.05) is 18.2 Å². The highest BCUT2D eigenvalue weighted by Crippen LogP contribution is 2.19. The number of fused-ring (bicyclic) bond motifs is 1. The van der Waals surface area contributed by atoms with Crippen molar-refractivity contribution in [1.29, 1.82) is 0 Å². The quantitative estimate of drug-likeness (QED) is 0.713. The zero-order valence-electron chi connectivity index (χ0n) is 9.78. The maximum absolute atomic E-state index is 13.1. The van der Waals surface area contributed by atoms with Crippen LogP contribution >= 0.6 is 0 Å². The largest absolute Gasteiger partial charge is 0.381 e. The van der Waals surface area contributed by atoms with Gasteiger partial charge in [-0.25, -0.2) is 4.39 Å². The highest BCUT2D eigenvalue weighted by Gasteiger charge is 2.01. The van der Waals surface area contributed by atoms with Gasteiger partial charge in [0.2, 0.25) is 0 Å². The molecule has 1 aromatic heterocycles. The zero-order valence-corrected chi connectivity index (χ0v) is 9.78. The van der Waals surface area contributed by atoms with Crippen molar-refractivity contribution in [3.8, 4) is 0 Å². The second-order valence-electron chi connectivity index (χ2n) is 4.22. The first-order chi connectivity index (χ1) is 8.83. The van der Waals surface area contributed by atoms with E-state index < -0.39 is 0 Å². The number of aromatic amines is 1. The van der Waals surface area contributed by atoms with Gasteiger partial charge in [-0.2, -0.15) is 0 Å². The fraction of sp³-hybridized carbons (Fsp3) is 0.0667. The molecule has 2 nitrogen and oxygen atoms in total. The van der Waals surface area contributed by atoms with Crippen LogP contribution in [-0.4, -0.2) is 4.98 Å². The van der Waals surface area contributed by atoms with E-state index in [2.05, 4.69) is 22.4 Å². The number of nitrogens with one attached hydrogen (secondary N) is 2. The summed E-state index contributed by atoms with van der Waals surface area (Å²) in [6, 6.07) is 14.7. The van der Waals surface area contributed by atoms with Crippen molar-refractivity contribution < 1.29 is 4.39 Å². The molecule has 3 heteroatoms. The van der Waals surface area contributed by atoms with E-state index in [0.29, 0.717) is 6.54 Å². The van der Waals surface area contributed by atoms with Crippen molar-refractivity contribution in [2.45, 2.75) is 6.54 Å². The number of hydrogen-bond acceptors (Lipinski definition) is 1. The van der Waals surface area contributed by atoms with E-state index in [-0.39, 0.29) is 5.82 Å². The van der Waals surface area contributed by atoms with Crippen LogP contribution < -0.4 is 5.32 Å². The number of anilines is 1. The summed E-state index contributed by atoms with van der Waals surface area (Å²) in [5.74, 6) is -0.222. The van der Waals surface area contributed by atoms with E-state index >= 15 is 0 Å². The molecule has 0 aliphatic rings. The minimum atomic E-state index is -0.222. The molecule has 0 spiro atoms. The topological polar surface area (TPSA) is 27.8 Å². The number of aromatic nitrogens is 1. The third kappa shape index (κ3) is 2.07. The number of halogens is 1. The van der Waals surface area contributed by atoms with Crippen molar-refractivity contribution in [3.63, 3.8) is 0 Å². The average molecular weight is 240 g/mol. The van der Waals surface area contributed by atoms with Crippen LogP contribution in [-0.2, 0) is 6.54 Å². The first-order valence-corrected chi connectivity index (χ1v) is 5.87. The fourth-order valence-electron chi connectivity index (χ4n) is 2.10. The lowest BCUT2D eigenvalue weighted by Gasteiger charge is -2.07. The van der Waals surface area contributed by atoms with Crippen molar-refractivity contribution in [2.75, 3.05) is 5.32 Å². The van der Waals surface area contributed by atoms with Crippen molar-refractivity contribution in [3.05, 3.63) is 66.1 Å². The lowest BCUT2D eigenvalue weighted by atomic mass is 10.1. The van der Waals surface area contributed by atoms with Gasteiger partial charge in [0.25, 0.3) is 0 Å². The van der Waals surface area contributed by atoms with Gasteiger partial charge in [-0.15, -0.1) is 0 Å². The normalized spacial score (nSPS) is 10.7. The van der Waals surface area contributed by atoms with E-state index in [9.17, 15) is 4.39 Å². The molecular weight excluding hydrogens is 227 g/mol. The molecule has 0 bridgehead atoms. The predicted molar refractivity (Wildman–Crippen MR) is 72.0 cm³/mol. The first-order valence-electron chi connectivity index (χ1n) is 5.87. The van der Waals surface area contributed by atoms with Gasteiger partial charge in [0, 0.05) is 29.3 Å². The molecule has 0 unspecified atom stereocenters. The van der Waals surface area contributed by atoms with Crippen LogP contribution in [0.3, 0.4) is 0 Å². The Morgan fingerprint density at radius 3 is 2.83 bits per heavy atom. The summed E-state index contributed by atoms with van der Waals surface area (Å²) in [4.78, 5) is 3.18. The predicted octanol–water partition coefficient (Wildman–Crippen LogP) is 3.92. The van der Waals surface area contributed by atoms with Crippen molar-refractivity contribution in [1.82, 2.24) is 4.98 Å². The summed E-state index contributed by atoms with van der Waals surface area (Å²) in [7, 11) is 0. The van der Waals surface area contributed by atoms with Crippen LogP contribution in [0.25, 0.3) is 10.9 Å². The van der Waals surface area contributed by atoms with E-state index in [1.807, 2.05) is 24.4 Å². The molecule has 90 valence electrons. The highest BCUT2D eigenvalue weighted by atomic mass is 19.1. The Kier molecular flexibility index (Phi) is 2.73. The Labute approximate surface area is 104 Å². The average Bonchev–Trinajstić information content (AvgIpc) is 2.85. The smallest absolute Gasteiger partial charge is 0.125 e. The Balaban J connectivity index is 1.83. The van der Waals surface area contributed by atoms with Crippen molar-refractivity contribution >= 4 is 16.6 Å². The summed E-state index contributed by atoms with van der Waals surface area (Å²) in [5.41, 5.74) is 3.11. The van der Waals surface area contributed by atoms with Gasteiger partial charge in [-0.05, 0) is 35.9 Å². The van der Waals surface area contributed by atoms with Gasteiger partial charge >= 0.3 is 0 Å². The van der Waals surface area contributed by atoms with Crippen LogP contribution in [0.5, 0.6) is 0 Å². The molecule has 2 aromatic carbocycles. The lowest BCUT2D eigenvalue weighted by Crippen LogP contribution is -1.99. The molecule has 0 saturated heterocycles. The molecule has 2 N–H and O–H groups in total. The highest BCUT2D eigenvalue weighted by molar-refractivity contribution is 5.83. The van der Waals surface area contributed by atoms with Crippen LogP contribution in [0.1, 0.15) is 5.56 Å². The van der Waals surface area contributed by atoms with E-state index in [4.69, 9.17) is 0 Å². The first kappa shape index (κ1) is 10.8. The van der Waals surface area contributed by atoms with Crippen LogP contribution in [0, 0.1) is 5.82 Å². The Bertz CT molecular complexity index is 673. The third-order valence-electron chi connectivity index (χ3n) is 2.99. The molecule has 0 saturated carbocycles. The monoisotopic (exact) mass is 240 g/mol. The molecule has 1 heterocycles. The molecule has 0 fully saturated rings. The summed E-state index contributed by atoms with van der Waals surface area (Å²) in [6.45, 7) is 0.679. The van der Waals surface area contributed by atoms with Gasteiger partial charge < -0.3 is 10.3 Å². The maximum Gasteiger partial charge on any atom is 0.125 e. The standard InChI is InChI=1S/C15H13FN2/c16-12-4-2-5-13(9-12)18-10-11-3-1-6-15-14(11)7-8-17-15/h1-9,17-18H,10H2. The number of rotatable bonds is 3. The maximum atomic E-state index is 13.1. The van der Waals surface area contributed by atoms with E-state index in [1.165, 1.54) is 23.1 Å². The van der Waals surface area contributed by atoms with Crippen LogP contribution in [0.15, 0.2) is 54.7 Å². The Morgan fingerprint density at radius 1 is 1.06 bits per heavy atom. The van der Waals surface area contributed by atoms with Crippen LogP contribution in [0.4, 0.5) is 10.1 Å². The molecule has 0 amide bonds. The Morgan fingerprint density at radius 2 is 1.94 bits per heavy atom. The minimum absolute atomic E-state index is 0.222. The fourth-order valence-corrected chi connectivity index (χ4v) is 2.10. The minimum Gasteiger partial charge on any atom is -0.381 e. The number of hydrogen-bond donors (Lipinski definition) is 2. The van der Waals surface area contributed by atoms with Crippen molar-refractivity contribution in [2.24, 2.45) is 0 Å². The SMILES string of the molecule is Fc1cccc(NCc2cccc3[nH]ccc23)c1. The Hall–Kier alpha value is -2.29. The second kappa shape index (κ2) is 4.53. The van der Waals surface area contributed by atoms with E-state index in [1.54, 1.807) is 6.07 Å². The van der Waals surface area contributed by atoms with Gasteiger partial charge in [0.1, 0.15) is 5.82 Å². The second-order valence-corrected chi connectivity index (χ2v) is 4.22.